The van der Waals surface area contributed by atoms with Crippen LogP contribution in [0.2, 0.25) is 0 Å². The van der Waals surface area contributed by atoms with Crippen molar-refractivity contribution in [2.45, 2.75) is 35.8 Å². The van der Waals surface area contributed by atoms with E-state index in [9.17, 15) is 26.0 Å². The molecule has 42 heavy (non-hydrogen) atoms. The molecule has 2 aliphatic heterocycles. The number of nitrogens with zero attached hydrogens (tertiary/aromatic N) is 5. The van der Waals surface area contributed by atoms with Gasteiger partial charge in [0.15, 0.2) is 5.78 Å². The lowest BCUT2D eigenvalue weighted by Crippen LogP contribution is -2.66. The minimum atomic E-state index is -4.39. The topological polar surface area (TPSA) is 156 Å². The van der Waals surface area contributed by atoms with Crippen LogP contribution in [-0.4, -0.2) is 72.0 Å². The van der Waals surface area contributed by atoms with Crippen molar-refractivity contribution in [1.29, 1.82) is 0 Å². The Kier molecular flexibility index (Phi) is 7.39. The maximum Gasteiger partial charge on any atom is 0.247 e. The van der Waals surface area contributed by atoms with E-state index in [0.29, 0.717) is 11.1 Å². The SMILES string of the molecule is CN1C(N)=N[C@](C)(c2cc(CC(=O)c3ccc(F)cn3)ccc2F)[C@@]2(CCN(S(=O)(=O)Cc3cccnc3)C2)S1(=O)=O. The second-order valence-electron chi connectivity index (χ2n) is 10.5. The zero-order valence-corrected chi connectivity index (χ0v) is 24.4. The Balaban J connectivity index is 1.57. The second-order valence-corrected chi connectivity index (χ2v) is 14.7. The third-order valence-corrected chi connectivity index (χ3v) is 12.4. The Bertz CT molecular complexity index is 1790. The smallest absolute Gasteiger partial charge is 0.247 e. The molecule has 1 spiro atoms. The van der Waals surface area contributed by atoms with Crippen LogP contribution in [0.5, 0.6) is 0 Å². The molecule has 2 aromatic heterocycles. The van der Waals surface area contributed by atoms with Gasteiger partial charge in [0.25, 0.3) is 0 Å². The number of rotatable bonds is 7. The summed E-state index contributed by atoms with van der Waals surface area (Å²) in [4.78, 5) is 25.0. The van der Waals surface area contributed by atoms with Crippen LogP contribution in [-0.2, 0) is 37.8 Å². The van der Waals surface area contributed by atoms with Crippen LogP contribution in [0.3, 0.4) is 0 Å². The van der Waals surface area contributed by atoms with E-state index >= 15 is 4.39 Å². The predicted molar refractivity (Wildman–Crippen MR) is 150 cm³/mol. The van der Waals surface area contributed by atoms with E-state index in [-0.39, 0.29) is 30.6 Å². The van der Waals surface area contributed by atoms with Crippen LogP contribution in [0.1, 0.15) is 40.5 Å². The van der Waals surface area contributed by atoms with Gasteiger partial charge >= 0.3 is 0 Å². The summed E-state index contributed by atoms with van der Waals surface area (Å²) in [5.41, 5.74) is 4.75. The molecule has 0 bridgehead atoms. The van der Waals surface area contributed by atoms with Gasteiger partial charge in [0, 0.05) is 44.5 Å². The van der Waals surface area contributed by atoms with Crippen LogP contribution in [0.25, 0.3) is 0 Å². The summed E-state index contributed by atoms with van der Waals surface area (Å²) < 4.78 is 83.8. The molecule has 5 rings (SSSR count). The van der Waals surface area contributed by atoms with Gasteiger partial charge in [0.2, 0.25) is 26.0 Å². The number of aromatic nitrogens is 2. The number of sulfonamides is 2. The molecule has 15 heteroatoms. The summed E-state index contributed by atoms with van der Waals surface area (Å²) >= 11 is 0. The van der Waals surface area contributed by atoms with Gasteiger partial charge in [-0.3, -0.25) is 14.8 Å². The number of halogens is 2. The van der Waals surface area contributed by atoms with E-state index in [1.807, 2.05) is 0 Å². The number of ketones is 1. The van der Waals surface area contributed by atoms with E-state index in [1.165, 1.54) is 44.6 Å². The molecule has 11 nitrogen and oxygen atoms in total. The van der Waals surface area contributed by atoms with Crippen molar-refractivity contribution >= 4 is 31.8 Å². The lowest BCUT2D eigenvalue weighted by atomic mass is 9.77. The third-order valence-electron chi connectivity index (χ3n) is 8.00. The van der Waals surface area contributed by atoms with Gasteiger partial charge in [-0.2, -0.15) is 4.31 Å². The molecule has 0 unspecified atom stereocenters. The van der Waals surface area contributed by atoms with Crippen LogP contribution in [0.4, 0.5) is 8.78 Å². The first kappa shape index (κ1) is 29.7. The number of guanidine groups is 1. The summed E-state index contributed by atoms with van der Waals surface area (Å²) in [6, 6.07) is 9.31. The summed E-state index contributed by atoms with van der Waals surface area (Å²) in [5.74, 6) is -2.68. The number of nitrogens with two attached hydrogens (primary N) is 1. The lowest BCUT2D eigenvalue weighted by Gasteiger charge is -2.48. The predicted octanol–water partition coefficient (Wildman–Crippen LogP) is 1.96. The normalized spacial score (nSPS) is 24.1. The van der Waals surface area contributed by atoms with Gasteiger partial charge in [-0.05, 0) is 54.8 Å². The van der Waals surface area contributed by atoms with Gasteiger partial charge in [-0.15, -0.1) is 0 Å². The van der Waals surface area contributed by atoms with Crippen molar-refractivity contribution in [3.63, 3.8) is 0 Å². The second kappa shape index (κ2) is 10.5. The number of carbonyl (C=O) groups excluding carboxylic acids is 1. The quantitative estimate of drug-likeness (QED) is 0.394. The zero-order valence-electron chi connectivity index (χ0n) is 22.7. The first-order valence-electron chi connectivity index (χ1n) is 12.8. The molecule has 0 amide bonds. The van der Waals surface area contributed by atoms with Gasteiger partial charge in [0.05, 0.1) is 11.9 Å². The number of Topliss-reactive ketones (excluding diaryl/α,β-unsaturated/α-hetero) is 1. The number of aliphatic imine (C=N–C) groups is 1. The minimum Gasteiger partial charge on any atom is -0.369 e. The number of hydrogen-bond acceptors (Lipinski definition) is 9. The molecular weight excluding hydrogens is 590 g/mol. The van der Waals surface area contributed by atoms with E-state index in [1.54, 1.807) is 12.1 Å². The van der Waals surface area contributed by atoms with Gasteiger partial charge in [0.1, 0.15) is 27.6 Å². The maximum atomic E-state index is 15.6. The Labute approximate surface area is 242 Å². The van der Waals surface area contributed by atoms with E-state index in [0.717, 1.165) is 26.9 Å². The molecule has 2 atom stereocenters. The molecule has 0 saturated carbocycles. The highest BCUT2D eigenvalue weighted by atomic mass is 32.2. The average molecular weight is 619 g/mol. The summed E-state index contributed by atoms with van der Waals surface area (Å²) in [6.07, 6.45) is 3.38. The van der Waals surface area contributed by atoms with Gasteiger partial charge in [-0.25, -0.2) is 34.9 Å². The summed E-state index contributed by atoms with van der Waals surface area (Å²) in [5, 5.41) is 0. The third kappa shape index (κ3) is 4.84. The van der Waals surface area contributed by atoms with Crippen molar-refractivity contribution in [2.24, 2.45) is 10.7 Å². The number of benzene rings is 1. The largest absolute Gasteiger partial charge is 0.369 e. The molecule has 1 fully saturated rings. The molecule has 0 radical (unpaired) electrons. The Morgan fingerprint density at radius 1 is 1.12 bits per heavy atom. The highest BCUT2D eigenvalue weighted by Gasteiger charge is 2.67. The molecule has 1 saturated heterocycles. The van der Waals surface area contributed by atoms with Crippen molar-refractivity contribution < 1.29 is 30.4 Å². The van der Waals surface area contributed by atoms with Crippen LogP contribution in [0, 0.1) is 11.6 Å². The lowest BCUT2D eigenvalue weighted by molar-refractivity contribution is 0.0988. The number of pyridine rings is 2. The molecule has 3 aromatic rings. The Hall–Kier alpha value is -3.82. The van der Waals surface area contributed by atoms with Crippen molar-refractivity contribution in [2.75, 3.05) is 20.1 Å². The minimum absolute atomic E-state index is 0.000603. The van der Waals surface area contributed by atoms with E-state index < -0.39 is 66.0 Å². The number of carbonyl (C=O) groups is 1. The fourth-order valence-corrected chi connectivity index (χ4v) is 9.37. The van der Waals surface area contributed by atoms with Crippen LogP contribution in [0.15, 0.2) is 66.0 Å². The van der Waals surface area contributed by atoms with E-state index in [4.69, 9.17) is 5.73 Å². The standard InChI is InChI=1S/C27H28F2N6O5S2/c1-26(21-12-18(5-7-22(21)29)13-24(36)23-8-6-20(28)15-32-23)27(42(39,40)34(2)25(30)33-26)9-11-35(17-27)41(37,38)16-19-4-3-10-31-14-19/h3-8,10,12,14-15H,9,11,13,16-17H2,1-2H3,(H2,30,33)/t26-,27+/m1/s1. The van der Waals surface area contributed by atoms with Crippen LogP contribution < -0.4 is 5.73 Å². The first-order valence-corrected chi connectivity index (χ1v) is 15.9. The fourth-order valence-electron chi connectivity index (χ4n) is 5.59. The molecule has 2 aliphatic rings. The molecular formula is C27H28F2N6O5S2. The highest BCUT2D eigenvalue weighted by molar-refractivity contribution is 7.91. The fraction of sp³-hybridized carbons (Fsp3) is 0.333. The van der Waals surface area contributed by atoms with Crippen molar-refractivity contribution in [3.05, 3.63) is 95.1 Å². The van der Waals surface area contributed by atoms with Crippen molar-refractivity contribution in [1.82, 2.24) is 18.6 Å². The van der Waals surface area contributed by atoms with Crippen LogP contribution >= 0.6 is 0 Å². The highest BCUT2D eigenvalue weighted by Crippen LogP contribution is 2.52. The first-order chi connectivity index (χ1) is 19.7. The molecule has 222 valence electrons. The van der Waals surface area contributed by atoms with E-state index in [2.05, 4.69) is 15.0 Å². The zero-order chi connectivity index (χ0) is 30.5. The summed E-state index contributed by atoms with van der Waals surface area (Å²) in [7, 11) is -7.19. The monoisotopic (exact) mass is 618 g/mol. The maximum absolute atomic E-state index is 15.6. The van der Waals surface area contributed by atoms with Crippen molar-refractivity contribution in [3.8, 4) is 0 Å². The molecule has 2 N–H and O–H groups in total. The average Bonchev–Trinajstić information content (AvgIpc) is 3.43. The van der Waals surface area contributed by atoms with Gasteiger partial charge < -0.3 is 5.73 Å². The molecule has 4 heterocycles. The summed E-state index contributed by atoms with van der Waals surface area (Å²) in [6.45, 7) is 0.752. The van der Waals surface area contributed by atoms with Gasteiger partial charge in [-0.1, -0.05) is 12.1 Å². The Morgan fingerprint density at radius 2 is 1.88 bits per heavy atom. The molecule has 1 aromatic carbocycles. The number of hydrogen-bond donors (Lipinski definition) is 1. The Morgan fingerprint density at radius 3 is 2.55 bits per heavy atom. The molecule has 0 aliphatic carbocycles.